The van der Waals surface area contributed by atoms with Gasteiger partial charge in [0.15, 0.2) is 11.2 Å². The number of halogens is 1. The molecular weight excluding hydrogens is 346 g/mol. The molecule has 0 amide bonds. The Morgan fingerprint density at radius 3 is 2.72 bits per heavy atom. The molecule has 0 bridgehead atoms. The minimum atomic E-state index is -0.786. The van der Waals surface area contributed by atoms with E-state index in [0.717, 1.165) is 5.56 Å². The van der Waals surface area contributed by atoms with Gasteiger partial charge in [-0.25, -0.2) is 14.5 Å². The second kappa shape index (κ2) is 7.02. The number of rotatable bonds is 5. The normalized spacial score (nSPS) is 12.3. The van der Waals surface area contributed by atoms with E-state index in [2.05, 4.69) is 15.3 Å². The van der Waals surface area contributed by atoms with Crippen LogP contribution in [0.15, 0.2) is 35.4 Å². The summed E-state index contributed by atoms with van der Waals surface area (Å²) < 4.78 is 7.66. The van der Waals surface area contributed by atoms with Crippen LogP contribution in [-0.2, 0) is 16.1 Å². The summed E-state index contributed by atoms with van der Waals surface area (Å²) >= 11 is 5.88. The van der Waals surface area contributed by atoms with Gasteiger partial charge in [-0.15, -0.1) is 5.10 Å². The van der Waals surface area contributed by atoms with Crippen LogP contribution in [0, 0.1) is 0 Å². The first-order valence-corrected chi connectivity index (χ1v) is 8.10. The average Bonchev–Trinajstić information content (AvgIpc) is 3.01. The summed E-state index contributed by atoms with van der Waals surface area (Å²) in [6.45, 7) is 3.92. The van der Waals surface area contributed by atoms with Gasteiger partial charge in [0.05, 0.1) is 13.2 Å². The van der Waals surface area contributed by atoms with Crippen molar-refractivity contribution in [3.63, 3.8) is 0 Å². The van der Waals surface area contributed by atoms with E-state index in [0.29, 0.717) is 17.2 Å². The standard InChI is InChI=1S/C16H16ClN5O3/c1-3-25-16(24)10(2)21-9-18-14-13(15(21)23)19-20-22(14)8-11-4-6-12(17)7-5-11/h4-7,9-10H,3,8H2,1-2H3/t10-/m1/s1. The van der Waals surface area contributed by atoms with Crippen molar-refractivity contribution in [2.45, 2.75) is 26.4 Å². The van der Waals surface area contributed by atoms with E-state index in [1.54, 1.807) is 26.0 Å². The third-order valence-electron chi connectivity index (χ3n) is 3.74. The topological polar surface area (TPSA) is 91.9 Å². The highest BCUT2D eigenvalue weighted by atomic mass is 35.5. The van der Waals surface area contributed by atoms with Crippen molar-refractivity contribution in [1.82, 2.24) is 24.5 Å². The zero-order valence-electron chi connectivity index (χ0n) is 13.7. The second-order valence-corrected chi connectivity index (χ2v) is 5.87. The molecule has 8 nitrogen and oxygen atoms in total. The molecule has 9 heteroatoms. The van der Waals surface area contributed by atoms with E-state index in [4.69, 9.17) is 16.3 Å². The molecule has 0 saturated carbocycles. The number of esters is 1. The highest BCUT2D eigenvalue weighted by Crippen LogP contribution is 2.13. The molecule has 2 aromatic heterocycles. The van der Waals surface area contributed by atoms with Gasteiger partial charge < -0.3 is 4.74 Å². The second-order valence-electron chi connectivity index (χ2n) is 5.43. The summed E-state index contributed by atoms with van der Waals surface area (Å²) in [5.74, 6) is -0.501. The van der Waals surface area contributed by atoms with Crippen LogP contribution in [0.25, 0.3) is 11.2 Å². The SMILES string of the molecule is CCOC(=O)[C@@H](C)n1cnc2c(nnn2Cc2ccc(Cl)cc2)c1=O. The molecule has 0 saturated heterocycles. The fourth-order valence-electron chi connectivity index (χ4n) is 2.39. The Labute approximate surface area is 148 Å². The van der Waals surface area contributed by atoms with Gasteiger partial charge in [-0.1, -0.05) is 28.9 Å². The van der Waals surface area contributed by atoms with Crippen molar-refractivity contribution in [2.75, 3.05) is 6.61 Å². The van der Waals surface area contributed by atoms with Crippen LogP contribution in [0.5, 0.6) is 0 Å². The number of benzene rings is 1. The lowest BCUT2D eigenvalue weighted by molar-refractivity contribution is -0.146. The largest absolute Gasteiger partial charge is 0.464 e. The third kappa shape index (κ3) is 3.39. The summed E-state index contributed by atoms with van der Waals surface area (Å²) in [5.41, 5.74) is 0.967. The third-order valence-corrected chi connectivity index (χ3v) is 3.99. The van der Waals surface area contributed by atoms with E-state index in [1.165, 1.54) is 15.6 Å². The number of carbonyl (C=O) groups excluding carboxylic acids is 1. The van der Waals surface area contributed by atoms with Crippen LogP contribution in [0.2, 0.25) is 5.02 Å². The quantitative estimate of drug-likeness (QED) is 0.643. The van der Waals surface area contributed by atoms with Crippen LogP contribution < -0.4 is 5.56 Å². The van der Waals surface area contributed by atoms with Gasteiger partial charge >= 0.3 is 5.97 Å². The number of hydrogen-bond acceptors (Lipinski definition) is 6. The predicted molar refractivity (Wildman–Crippen MR) is 91.5 cm³/mol. The van der Waals surface area contributed by atoms with Crippen LogP contribution >= 0.6 is 11.6 Å². The zero-order valence-corrected chi connectivity index (χ0v) is 14.5. The lowest BCUT2D eigenvalue weighted by atomic mass is 10.2. The monoisotopic (exact) mass is 361 g/mol. The zero-order chi connectivity index (χ0) is 18.0. The summed E-state index contributed by atoms with van der Waals surface area (Å²) in [6.07, 6.45) is 1.31. The van der Waals surface area contributed by atoms with Gasteiger partial charge in [0.1, 0.15) is 12.4 Å². The molecule has 0 N–H and O–H groups in total. The molecule has 0 radical (unpaired) electrons. The van der Waals surface area contributed by atoms with Crippen molar-refractivity contribution >= 4 is 28.7 Å². The van der Waals surface area contributed by atoms with Crippen molar-refractivity contribution in [1.29, 1.82) is 0 Å². The summed E-state index contributed by atoms with van der Waals surface area (Å²) in [5, 5.41) is 8.56. The molecular formula is C16H16ClN5O3. The number of aromatic nitrogens is 5. The van der Waals surface area contributed by atoms with E-state index < -0.39 is 17.6 Å². The Morgan fingerprint density at radius 2 is 2.04 bits per heavy atom. The molecule has 1 atom stereocenters. The van der Waals surface area contributed by atoms with Crippen LogP contribution in [-0.4, -0.2) is 37.1 Å². The lowest BCUT2D eigenvalue weighted by Gasteiger charge is -2.12. The molecule has 25 heavy (non-hydrogen) atoms. The Bertz CT molecular complexity index is 964. The number of hydrogen-bond donors (Lipinski definition) is 0. The van der Waals surface area contributed by atoms with E-state index >= 15 is 0 Å². The van der Waals surface area contributed by atoms with Crippen molar-refractivity contribution < 1.29 is 9.53 Å². The molecule has 0 aliphatic heterocycles. The summed E-state index contributed by atoms with van der Waals surface area (Å²) in [4.78, 5) is 28.7. The molecule has 0 spiro atoms. The fraction of sp³-hybridized carbons (Fsp3) is 0.312. The first kappa shape index (κ1) is 17.1. The highest BCUT2D eigenvalue weighted by Gasteiger charge is 2.20. The highest BCUT2D eigenvalue weighted by molar-refractivity contribution is 6.30. The Morgan fingerprint density at radius 1 is 1.32 bits per heavy atom. The minimum absolute atomic E-state index is 0.104. The predicted octanol–water partition coefficient (Wildman–Crippen LogP) is 1.81. The number of nitrogens with zero attached hydrogens (tertiary/aromatic N) is 5. The summed E-state index contributed by atoms with van der Waals surface area (Å²) in [6, 6.07) is 6.49. The Hall–Kier alpha value is -2.74. The van der Waals surface area contributed by atoms with Crippen molar-refractivity contribution in [3.05, 3.63) is 51.5 Å². The minimum Gasteiger partial charge on any atom is -0.464 e. The molecule has 0 fully saturated rings. The molecule has 0 unspecified atom stereocenters. The van der Waals surface area contributed by atoms with Crippen molar-refractivity contribution in [3.8, 4) is 0 Å². The van der Waals surface area contributed by atoms with Gasteiger partial charge in [0.25, 0.3) is 5.56 Å². The maximum atomic E-state index is 12.6. The molecule has 1 aromatic carbocycles. The van der Waals surface area contributed by atoms with Crippen LogP contribution in [0.1, 0.15) is 25.5 Å². The smallest absolute Gasteiger partial charge is 0.328 e. The van der Waals surface area contributed by atoms with E-state index in [-0.39, 0.29) is 12.1 Å². The van der Waals surface area contributed by atoms with Gasteiger partial charge in [-0.05, 0) is 31.5 Å². The molecule has 130 valence electrons. The molecule has 0 aliphatic rings. The van der Waals surface area contributed by atoms with E-state index in [1.807, 2.05) is 12.1 Å². The van der Waals surface area contributed by atoms with Gasteiger partial charge in [0, 0.05) is 5.02 Å². The molecule has 0 aliphatic carbocycles. The van der Waals surface area contributed by atoms with Crippen LogP contribution in [0.4, 0.5) is 0 Å². The lowest BCUT2D eigenvalue weighted by Crippen LogP contribution is -2.29. The van der Waals surface area contributed by atoms with Gasteiger partial charge in [0.2, 0.25) is 0 Å². The fourth-order valence-corrected chi connectivity index (χ4v) is 2.51. The molecule has 2 heterocycles. The number of ether oxygens (including phenoxy) is 1. The van der Waals surface area contributed by atoms with E-state index in [9.17, 15) is 9.59 Å². The summed E-state index contributed by atoms with van der Waals surface area (Å²) in [7, 11) is 0. The number of fused-ring (bicyclic) bond motifs is 1. The molecule has 3 aromatic rings. The maximum Gasteiger partial charge on any atom is 0.328 e. The number of carbonyl (C=O) groups is 1. The van der Waals surface area contributed by atoms with Crippen molar-refractivity contribution in [2.24, 2.45) is 0 Å². The Balaban J connectivity index is 1.95. The van der Waals surface area contributed by atoms with Gasteiger partial charge in [-0.3, -0.25) is 9.36 Å². The molecule has 3 rings (SSSR count). The average molecular weight is 362 g/mol. The van der Waals surface area contributed by atoms with Crippen LogP contribution in [0.3, 0.4) is 0 Å². The first-order chi connectivity index (χ1) is 12.0. The van der Waals surface area contributed by atoms with Gasteiger partial charge in [-0.2, -0.15) is 0 Å². The Kier molecular flexibility index (Phi) is 4.80. The maximum absolute atomic E-state index is 12.6. The first-order valence-electron chi connectivity index (χ1n) is 7.72.